The third-order valence-electron chi connectivity index (χ3n) is 1.00. The fourth-order valence-electron chi connectivity index (χ4n) is 0.568. The molecule has 0 bridgehead atoms. The Hall–Kier alpha value is -0.201. The molecule has 0 amide bonds. The van der Waals surface area contributed by atoms with E-state index in [-0.39, 0.29) is 0 Å². The first-order valence-electron chi connectivity index (χ1n) is 2.66. The molecule has 0 unspecified atom stereocenters. The van der Waals surface area contributed by atoms with Crippen LogP contribution in [0.3, 0.4) is 0 Å². The Labute approximate surface area is 75.7 Å². The Morgan fingerprint density at radius 3 is 2.40 bits per heavy atom. The number of rotatable bonds is 1. The van der Waals surface area contributed by atoms with E-state index in [0.29, 0.717) is 0 Å². The van der Waals surface area contributed by atoms with Crippen molar-refractivity contribution in [2.45, 2.75) is 0 Å². The monoisotopic (exact) mass is 261 g/mol. The molecule has 10 heavy (non-hydrogen) atoms. The Balaban J connectivity index is 3.00. The zero-order valence-corrected chi connectivity index (χ0v) is 8.34. The SMILES string of the molecule is [Se]=C=Nc1ccc(Br)cc1. The zero-order chi connectivity index (χ0) is 7.40. The van der Waals surface area contributed by atoms with Gasteiger partial charge in [0.1, 0.15) is 0 Å². The fraction of sp³-hybridized carbons (Fsp3) is 0. The summed E-state index contributed by atoms with van der Waals surface area (Å²) in [5, 5.41) is 0. The van der Waals surface area contributed by atoms with Crippen LogP contribution in [0.2, 0.25) is 0 Å². The van der Waals surface area contributed by atoms with Crippen molar-refractivity contribution < 1.29 is 0 Å². The van der Waals surface area contributed by atoms with Gasteiger partial charge in [0.05, 0.1) is 0 Å². The van der Waals surface area contributed by atoms with Crippen molar-refractivity contribution in [2.75, 3.05) is 0 Å². The van der Waals surface area contributed by atoms with Gasteiger partial charge >= 0.3 is 75.6 Å². The maximum absolute atomic E-state index is 3.92. The second-order valence-electron chi connectivity index (χ2n) is 1.68. The molecule has 0 saturated carbocycles. The first-order valence-corrected chi connectivity index (χ1v) is 4.31. The van der Waals surface area contributed by atoms with Crippen molar-refractivity contribution in [1.82, 2.24) is 0 Å². The summed E-state index contributed by atoms with van der Waals surface area (Å²) in [4.78, 5) is 3.92. The summed E-state index contributed by atoms with van der Waals surface area (Å²) in [6, 6.07) is 7.70. The molecule has 1 rings (SSSR count). The Bertz CT molecular complexity index is 261. The average Bonchev–Trinajstić information content (AvgIpc) is 1.95. The van der Waals surface area contributed by atoms with E-state index in [2.05, 4.69) is 41.2 Å². The topological polar surface area (TPSA) is 12.4 Å². The molecule has 0 aliphatic carbocycles. The Kier molecular flexibility index (Phi) is 3.04. The number of hydrogen-bond donors (Lipinski definition) is 0. The third-order valence-corrected chi connectivity index (χ3v) is 1.72. The van der Waals surface area contributed by atoms with Crippen LogP contribution in [-0.2, 0) is 0 Å². The van der Waals surface area contributed by atoms with Gasteiger partial charge in [0.15, 0.2) is 0 Å². The van der Waals surface area contributed by atoms with E-state index >= 15 is 0 Å². The number of aliphatic imine (C=N–C) groups is 1. The molecule has 3 heteroatoms. The van der Waals surface area contributed by atoms with E-state index in [1.54, 1.807) is 0 Å². The van der Waals surface area contributed by atoms with Crippen molar-refractivity contribution in [2.24, 2.45) is 4.99 Å². The van der Waals surface area contributed by atoms with Crippen molar-refractivity contribution >= 4 is 41.9 Å². The molecule has 0 aliphatic heterocycles. The predicted octanol–water partition coefficient (Wildman–Crippen LogP) is 2.15. The molecule has 0 aliphatic rings. The summed E-state index contributed by atoms with van der Waals surface area (Å²) in [7, 11) is 0. The first-order chi connectivity index (χ1) is 4.83. The quantitative estimate of drug-likeness (QED) is 0.542. The minimum absolute atomic E-state index is 0.905. The van der Waals surface area contributed by atoms with E-state index < -0.39 is 0 Å². The molecule has 0 saturated heterocycles. The van der Waals surface area contributed by atoms with Crippen LogP contribution in [0.5, 0.6) is 0 Å². The molecular formula is C7H4BrNSe. The van der Waals surface area contributed by atoms with Crippen LogP contribution in [0.1, 0.15) is 0 Å². The predicted molar refractivity (Wildman–Crippen MR) is 47.0 cm³/mol. The molecule has 0 aromatic heterocycles. The van der Waals surface area contributed by atoms with Crippen LogP contribution in [0, 0.1) is 0 Å². The van der Waals surface area contributed by atoms with Gasteiger partial charge in [-0.1, -0.05) is 0 Å². The summed E-state index contributed by atoms with van der Waals surface area (Å²) >= 11 is 5.90. The maximum atomic E-state index is 3.92. The van der Waals surface area contributed by atoms with Gasteiger partial charge in [-0.3, -0.25) is 0 Å². The Morgan fingerprint density at radius 2 is 1.90 bits per heavy atom. The fourth-order valence-corrected chi connectivity index (χ4v) is 1.05. The molecular weight excluding hydrogens is 257 g/mol. The van der Waals surface area contributed by atoms with Crippen LogP contribution in [-0.4, -0.2) is 20.3 Å². The molecule has 0 heterocycles. The van der Waals surface area contributed by atoms with Crippen molar-refractivity contribution in [1.29, 1.82) is 0 Å². The van der Waals surface area contributed by atoms with Gasteiger partial charge in [0.2, 0.25) is 0 Å². The van der Waals surface area contributed by atoms with Crippen molar-refractivity contribution in [3.05, 3.63) is 28.7 Å². The van der Waals surface area contributed by atoms with Gasteiger partial charge in [-0.25, -0.2) is 0 Å². The standard InChI is InChI=1S/C7H4BrNSe/c8-6-1-3-7(4-2-6)9-5-10/h1-4H. The molecule has 0 radical (unpaired) electrons. The number of hydrogen-bond acceptors (Lipinski definition) is 1. The van der Waals surface area contributed by atoms with Crippen LogP contribution in [0.4, 0.5) is 5.69 Å². The van der Waals surface area contributed by atoms with Gasteiger partial charge in [-0.15, -0.1) is 0 Å². The van der Waals surface area contributed by atoms with Gasteiger partial charge < -0.3 is 0 Å². The molecule has 0 atom stereocenters. The minimum atomic E-state index is 0.905. The molecule has 1 nitrogen and oxygen atoms in total. The van der Waals surface area contributed by atoms with E-state index in [1.807, 2.05) is 24.3 Å². The van der Waals surface area contributed by atoms with E-state index in [9.17, 15) is 0 Å². The van der Waals surface area contributed by atoms with Crippen molar-refractivity contribution in [3.8, 4) is 0 Å². The summed E-state index contributed by atoms with van der Waals surface area (Å²) in [6.45, 7) is 0. The van der Waals surface area contributed by atoms with Crippen LogP contribution in [0.25, 0.3) is 0 Å². The van der Waals surface area contributed by atoms with Gasteiger partial charge in [-0.2, -0.15) is 0 Å². The molecule has 50 valence electrons. The van der Waals surface area contributed by atoms with Gasteiger partial charge in [-0.05, 0) is 0 Å². The van der Waals surface area contributed by atoms with Gasteiger partial charge in [0, 0.05) is 0 Å². The van der Waals surface area contributed by atoms with E-state index in [1.165, 1.54) is 0 Å². The van der Waals surface area contributed by atoms with Crippen molar-refractivity contribution in [3.63, 3.8) is 0 Å². The van der Waals surface area contributed by atoms with Gasteiger partial charge in [0.25, 0.3) is 0 Å². The van der Waals surface area contributed by atoms with E-state index in [0.717, 1.165) is 10.2 Å². The first kappa shape index (κ1) is 7.90. The second-order valence-corrected chi connectivity index (χ2v) is 2.98. The summed E-state index contributed by atoms with van der Waals surface area (Å²) in [5.74, 6) is 0. The number of halogens is 1. The number of benzene rings is 1. The summed E-state index contributed by atoms with van der Waals surface area (Å²) < 4.78 is 3.65. The summed E-state index contributed by atoms with van der Waals surface area (Å²) in [6.07, 6.45) is 0. The Morgan fingerprint density at radius 1 is 1.30 bits per heavy atom. The zero-order valence-electron chi connectivity index (χ0n) is 5.04. The number of nitrogens with zero attached hydrogens (tertiary/aromatic N) is 1. The normalized spacial score (nSPS) is 8.50. The molecule has 0 spiro atoms. The van der Waals surface area contributed by atoms with Crippen LogP contribution < -0.4 is 0 Å². The summed E-state index contributed by atoms with van der Waals surface area (Å²) in [5.41, 5.74) is 0.905. The molecule has 1 aromatic carbocycles. The average molecular weight is 261 g/mol. The molecule has 1 aromatic rings. The second kappa shape index (κ2) is 3.84. The van der Waals surface area contributed by atoms with E-state index in [4.69, 9.17) is 0 Å². The van der Waals surface area contributed by atoms with Crippen LogP contribution in [0.15, 0.2) is 33.7 Å². The third kappa shape index (κ3) is 2.20. The molecule has 0 fully saturated rings. The molecule has 0 N–H and O–H groups in total. The van der Waals surface area contributed by atoms with Crippen LogP contribution >= 0.6 is 15.9 Å².